The zero-order chi connectivity index (χ0) is 17.3. The van der Waals surface area contributed by atoms with Crippen LogP contribution in [-0.2, 0) is 12.4 Å². The summed E-state index contributed by atoms with van der Waals surface area (Å²) in [6, 6.07) is 1.01. The van der Waals surface area contributed by atoms with Gasteiger partial charge in [-0.05, 0) is 30.2 Å². The second-order valence-electron chi connectivity index (χ2n) is 5.51. The highest BCUT2D eigenvalue weighted by Crippen LogP contribution is 2.40. The van der Waals surface area contributed by atoms with E-state index in [0.29, 0.717) is 50.8 Å². The third-order valence-electron chi connectivity index (χ3n) is 4.02. The molecule has 0 spiro atoms. The molecule has 0 aliphatic carbocycles. The fraction of sp³-hybridized carbons (Fsp3) is 0.600. The van der Waals surface area contributed by atoms with Crippen LogP contribution in [0.3, 0.4) is 0 Å². The van der Waals surface area contributed by atoms with Crippen molar-refractivity contribution < 1.29 is 26.3 Å². The first kappa shape index (κ1) is 18.1. The summed E-state index contributed by atoms with van der Waals surface area (Å²) in [5, 5.41) is 3.08. The van der Waals surface area contributed by atoms with Gasteiger partial charge in [0.2, 0.25) is 0 Å². The molecule has 1 aromatic carbocycles. The van der Waals surface area contributed by atoms with Crippen molar-refractivity contribution in [3.05, 3.63) is 34.9 Å². The largest absolute Gasteiger partial charge is 0.416 e. The molecule has 1 aromatic rings. The van der Waals surface area contributed by atoms with E-state index in [1.807, 2.05) is 0 Å². The fourth-order valence-corrected chi connectivity index (χ4v) is 2.94. The number of piperazine rings is 1. The summed E-state index contributed by atoms with van der Waals surface area (Å²) in [5.74, 6) is 0. The molecule has 1 atom stereocenters. The fourth-order valence-electron chi connectivity index (χ4n) is 2.94. The maximum absolute atomic E-state index is 13.2. The van der Waals surface area contributed by atoms with Gasteiger partial charge < -0.3 is 5.32 Å². The SMILES string of the molecule is CC[C@H](c1cc(C(F)(F)F)ccc1C(F)(F)F)N1CCNCC1. The van der Waals surface area contributed by atoms with Crippen molar-refractivity contribution in [1.29, 1.82) is 0 Å². The molecule has 0 unspecified atom stereocenters. The molecule has 1 N–H and O–H groups in total. The lowest BCUT2D eigenvalue weighted by Crippen LogP contribution is -2.45. The van der Waals surface area contributed by atoms with Gasteiger partial charge in [-0.1, -0.05) is 6.92 Å². The highest BCUT2D eigenvalue weighted by molar-refractivity contribution is 5.37. The standard InChI is InChI=1S/C15H18F6N2/c1-2-13(23-7-5-22-6-8-23)11-9-10(14(16,17)18)3-4-12(11)15(19,20)21/h3-4,9,13,22H,2,5-8H2,1H3/t13-/m1/s1. The third kappa shape index (κ3) is 4.17. The Labute approximate surface area is 130 Å². The Morgan fingerprint density at radius 1 is 1.04 bits per heavy atom. The first-order chi connectivity index (χ1) is 10.6. The Morgan fingerprint density at radius 2 is 1.65 bits per heavy atom. The maximum Gasteiger partial charge on any atom is 0.416 e. The Hall–Kier alpha value is -1.28. The van der Waals surface area contributed by atoms with Crippen LogP contribution in [0.2, 0.25) is 0 Å². The van der Waals surface area contributed by atoms with E-state index in [4.69, 9.17) is 0 Å². The molecule has 1 saturated heterocycles. The molecule has 2 nitrogen and oxygen atoms in total. The van der Waals surface area contributed by atoms with Crippen LogP contribution in [-0.4, -0.2) is 31.1 Å². The molecule has 0 bridgehead atoms. The number of benzene rings is 1. The van der Waals surface area contributed by atoms with Crippen molar-refractivity contribution in [3.8, 4) is 0 Å². The molecule has 1 heterocycles. The molecule has 8 heteroatoms. The van der Waals surface area contributed by atoms with Crippen molar-refractivity contribution >= 4 is 0 Å². The zero-order valence-electron chi connectivity index (χ0n) is 12.6. The lowest BCUT2D eigenvalue weighted by Gasteiger charge is -2.36. The molecule has 1 aliphatic heterocycles. The summed E-state index contributed by atoms with van der Waals surface area (Å²) in [4.78, 5) is 1.81. The molecule has 0 saturated carbocycles. The van der Waals surface area contributed by atoms with E-state index in [-0.39, 0.29) is 5.56 Å². The second-order valence-corrected chi connectivity index (χ2v) is 5.51. The number of rotatable bonds is 3. The van der Waals surface area contributed by atoms with Crippen molar-refractivity contribution in [2.45, 2.75) is 31.7 Å². The van der Waals surface area contributed by atoms with Crippen LogP contribution >= 0.6 is 0 Å². The molecule has 23 heavy (non-hydrogen) atoms. The Balaban J connectivity index is 2.50. The van der Waals surface area contributed by atoms with Crippen LogP contribution in [0.5, 0.6) is 0 Å². The number of nitrogens with one attached hydrogen (secondary N) is 1. The minimum Gasteiger partial charge on any atom is -0.314 e. The van der Waals surface area contributed by atoms with Crippen molar-refractivity contribution in [3.63, 3.8) is 0 Å². The molecule has 0 amide bonds. The molecule has 0 aromatic heterocycles. The summed E-state index contributed by atoms with van der Waals surface area (Å²) < 4.78 is 78.4. The summed E-state index contributed by atoms with van der Waals surface area (Å²) in [5.41, 5.74) is -2.33. The van der Waals surface area contributed by atoms with Crippen LogP contribution in [0.4, 0.5) is 26.3 Å². The molecule has 2 rings (SSSR count). The van der Waals surface area contributed by atoms with Gasteiger partial charge in [0.1, 0.15) is 0 Å². The van der Waals surface area contributed by atoms with Crippen LogP contribution < -0.4 is 5.32 Å². The molecule has 130 valence electrons. The lowest BCUT2D eigenvalue weighted by molar-refractivity contribution is -0.142. The Kier molecular flexibility index (Phi) is 5.25. The zero-order valence-corrected chi connectivity index (χ0v) is 12.6. The van der Waals surface area contributed by atoms with E-state index in [1.165, 1.54) is 0 Å². The van der Waals surface area contributed by atoms with Gasteiger partial charge in [0, 0.05) is 32.2 Å². The van der Waals surface area contributed by atoms with E-state index in [1.54, 1.807) is 11.8 Å². The molecular formula is C15H18F6N2. The number of alkyl halides is 6. The summed E-state index contributed by atoms with van der Waals surface area (Å²) in [7, 11) is 0. The quantitative estimate of drug-likeness (QED) is 0.834. The second kappa shape index (κ2) is 6.68. The van der Waals surface area contributed by atoms with Crippen LogP contribution in [0.15, 0.2) is 18.2 Å². The van der Waals surface area contributed by atoms with Gasteiger partial charge in [-0.2, -0.15) is 26.3 Å². The van der Waals surface area contributed by atoms with E-state index >= 15 is 0 Å². The predicted octanol–water partition coefficient (Wildman–Crippen LogP) is 4.08. The topological polar surface area (TPSA) is 15.3 Å². The van der Waals surface area contributed by atoms with E-state index in [0.717, 1.165) is 0 Å². The third-order valence-corrected chi connectivity index (χ3v) is 4.02. The van der Waals surface area contributed by atoms with Crippen LogP contribution in [0.1, 0.15) is 36.1 Å². The molecule has 1 fully saturated rings. The van der Waals surface area contributed by atoms with Crippen LogP contribution in [0.25, 0.3) is 0 Å². The number of hydrogen-bond acceptors (Lipinski definition) is 2. The number of hydrogen-bond donors (Lipinski definition) is 1. The summed E-state index contributed by atoms with van der Waals surface area (Å²) in [6.07, 6.45) is -9.04. The monoisotopic (exact) mass is 340 g/mol. The highest BCUT2D eigenvalue weighted by atomic mass is 19.4. The van der Waals surface area contributed by atoms with Crippen molar-refractivity contribution in [2.75, 3.05) is 26.2 Å². The highest BCUT2D eigenvalue weighted by Gasteiger charge is 2.39. The minimum atomic E-state index is -4.68. The van der Waals surface area contributed by atoms with Gasteiger partial charge in [0.25, 0.3) is 0 Å². The summed E-state index contributed by atoms with van der Waals surface area (Å²) in [6.45, 7) is 3.92. The molecule has 1 aliphatic rings. The maximum atomic E-state index is 13.2. The van der Waals surface area contributed by atoms with E-state index in [2.05, 4.69) is 5.32 Å². The van der Waals surface area contributed by atoms with Gasteiger partial charge in [-0.15, -0.1) is 0 Å². The Bertz CT molecular complexity index is 532. The van der Waals surface area contributed by atoms with E-state index < -0.39 is 29.5 Å². The van der Waals surface area contributed by atoms with Gasteiger partial charge >= 0.3 is 12.4 Å². The summed E-state index contributed by atoms with van der Waals surface area (Å²) >= 11 is 0. The van der Waals surface area contributed by atoms with Gasteiger partial charge in [0.05, 0.1) is 11.1 Å². The first-order valence-electron chi connectivity index (χ1n) is 7.37. The van der Waals surface area contributed by atoms with Gasteiger partial charge in [0.15, 0.2) is 0 Å². The molecule has 0 radical (unpaired) electrons. The smallest absolute Gasteiger partial charge is 0.314 e. The normalized spacial score (nSPS) is 18.9. The lowest BCUT2D eigenvalue weighted by atomic mass is 9.94. The average molecular weight is 340 g/mol. The van der Waals surface area contributed by atoms with Crippen LogP contribution in [0, 0.1) is 0 Å². The first-order valence-corrected chi connectivity index (χ1v) is 7.37. The van der Waals surface area contributed by atoms with Gasteiger partial charge in [-0.3, -0.25) is 4.90 Å². The van der Waals surface area contributed by atoms with Crippen molar-refractivity contribution in [1.82, 2.24) is 10.2 Å². The number of nitrogens with zero attached hydrogens (tertiary/aromatic N) is 1. The van der Waals surface area contributed by atoms with E-state index in [9.17, 15) is 26.3 Å². The van der Waals surface area contributed by atoms with Crippen molar-refractivity contribution in [2.24, 2.45) is 0 Å². The van der Waals surface area contributed by atoms with Gasteiger partial charge in [-0.25, -0.2) is 0 Å². The Morgan fingerprint density at radius 3 is 2.13 bits per heavy atom. The predicted molar refractivity (Wildman–Crippen MR) is 73.9 cm³/mol. The molecular weight excluding hydrogens is 322 g/mol. The minimum absolute atomic E-state index is 0.295. The average Bonchev–Trinajstić information content (AvgIpc) is 2.47. The number of halogens is 6.